The Morgan fingerprint density at radius 1 is 0.844 bits per heavy atom. The van der Waals surface area contributed by atoms with Crippen molar-refractivity contribution in [3.05, 3.63) is 90.5 Å². The molecule has 1 amide bonds. The summed E-state index contributed by atoms with van der Waals surface area (Å²) in [6, 6.07) is 27.3. The standard InChI is InChI=1S/C26H25N3O2S/c1-26(2,3)20-16-14-19(15-17-20)24-27-28-25(31-24)32-18-23(30)29(21-10-6-4-7-11-21)22-12-8-5-9-13-22/h4-17H,18H2,1-3H3. The highest BCUT2D eigenvalue weighted by molar-refractivity contribution is 7.99. The number of carbonyl (C=O) groups is 1. The van der Waals surface area contributed by atoms with E-state index in [1.165, 1.54) is 17.3 Å². The van der Waals surface area contributed by atoms with Crippen molar-refractivity contribution in [1.82, 2.24) is 10.2 Å². The Balaban J connectivity index is 1.47. The van der Waals surface area contributed by atoms with E-state index in [9.17, 15) is 4.79 Å². The van der Waals surface area contributed by atoms with Gasteiger partial charge in [0.2, 0.25) is 11.8 Å². The van der Waals surface area contributed by atoms with E-state index in [0.717, 1.165) is 16.9 Å². The van der Waals surface area contributed by atoms with Gasteiger partial charge in [-0.1, -0.05) is 81.1 Å². The Hall–Kier alpha value is -3.38. The van der Waals surface area contributed by atoms with Gasteiger partial charge in [0.15, 0.2) is 0 Å². The molecule has 0 N–H and O–H groups in total. The molecule has 0 atom stereocenters. The molecular formula is C26H25N3O2S. The summed E-state index contributed by atoms with van der Waals surface area (Å²) in [7, 11) is 0. The summed E-state index contributed by atoms with van der Waals surface area (Å²) >= 11 is 1.24. The van der Waals surface area contributed by atoms with Crippen LogP contribution in [0, 0.1) is 0 Å². The van der Waals surface area contributed by atoms with Gasteiger partial charge in [-0.15, -0.1) is 10.2 Å². The van der Waals surface area contributed by atoms with Crippen molar-refractivity contribution in [3.63, 3.8) is 0 Å². The number of para-hydroxylation sites is 2. The number of carbonyl (C=O) groups excluding carboxylic acids is 1. The molecule has 4 rings (SSSR count). The van der Waals surface area contributed by atoms with E-state index >= 15 is 0 Å². The zero-order valence-corrected chi connectivity index (χ0v) is 19.2. The van der Waals surface area contributed by atoms with E-state index in [2.05, 4.69) is 43.1 Å². The number of anilines is 2. The van der Waals surface area contributed by atoms with Gasteiger partial charge in [-0.25, -0.2) is 0 Å². The molecule has 0 spiro atoms. The van der Waals surface area contributed by atoms with Gasteiger partial charge in [0.05, 0.1) is 5.75 Å². The smallest absolute Gasteiger partial charge is 0.277 e. The SMILES string of the molecule is CC(C)(C)c1ccc(-c2nnc(SCC(=O)N(c3ccccc3)c3ccccc3)o2)cc1. The van der Waals surface area contributed by atoms with Gasteiger partial charge < -0.3 is 4.42 Å². The molecule has 0 saturated heterocycles. The minimum atomic E-state index is -0.0679. The molecule has 1 heterocycles. The molecule has 0 fully saturated rings. The highest BCUT2D eigenvalue weighted by Crippen LogP contribution is 2.29. The van der Waals surface area contributed by atoms with Gasteiger partial charge in [0, 0.05) is 16.9 Å². The summed E-state index contributed by atoms with van der Waals surface area (Å²) in [4.78, 5) is 14.8. The summed E-state index contributed by atoms with van der Waals surface area (Å²) in [5, 5.41) is 8.64. The molecule has 0 aliphatic rings. The fourth-order valence-corrected chi connectivity index (χ4v) is 3.89. The zero-order valence-electron chi connectivity index (χ0n) is 18.4. The zero-order chi connectivity index (χ0) is 22.6. The Labute approximate surface area is 192 Å². The first-order valence-electron chi connectivity index (χ1n) is 10.4. The monoisotopic (exact) mass is 443 g/mol. The summed E-state index contributed by atoms with van der Waals surface area (Å²) in [6.07, 6.45) is 0. The average Bonchev–Trinajstić information content (AvgIpc) is 3.28. The molecule has 6 heteroatoms. The van der Waals surface area contributed by atoms with Gasteiger partial charge in [-0.05, 0) is 47.4 Å². The van der Waals surface area contributed by atoms with Crippen LogP contribution in [0.2, 0.25) is 0 Å². The second-order valence-electron chi connectivity index (χ2n) is 8.39. The fourth-order valence-electron chi connectivity index (χ4n) is 3.28. The predicted molar refractivity (Wildman–Crippen MR) is 129 cm³/mol. The molecule has 0 aliphatic carbocycles. The number of aromatic nitrogens is 2. The van der Waals surface area contributed by atoms with Crippen molar-refractivity contribution in [2.75, 3.05) is 10.7 Å². The Morgan fingerprint density at radius 3 is 1.94 bits per heavy atom. The van der Waals surface area contributed by atoms with Crippen LogP contribution in [-0.4, -0.2) is 21.9 Å². The first kappa shape index (κ1) is 21.8. The molecule has 4 aromatic rings. The van der Waals surface area contributed by atoms with Gasteiger partial charge >= 0.3 is 0 Å². The quantitative estimate of drug-likeness (QED) is 0.319. The highest BCUT2D eigenvalue weighted by Gasteiger charge is 2.20. The molecule has 162 valence electrons. The third kappa shape index (κ3) is 5.08. The molecule has 0 unspecified atom stereocenters. The second kappa shape index (κ2) is 9.40. The lowest BCUT2D eigenvalue weighted by molar-refractivity contribution is -0.115. The third-order valence-corrected chi connectivity index (χ3v) is 5.80. The number of rotatable bonds is 6. The molecule has 0 saturated carbocycles. The van der Waals surface area contributed by atoms with E-state index < -0.39 is 0 Å². The van der Waals surface area contributed by atoms with E-state index in [4.69, 9.17) is 4.42 Å². The minimum absolute atomic E-state index is 0.0679. The maximum Gasteiger partial charge on any atom is 0.277 e. The molecule has 32 heavy (non-hydrogen) atoms. The molecule has 0 bridgehead atoms. The Kier molecular flexibility index (Phi) is 6.42. The topological polar surface area (TPSA) is 59.2 Å². The lowest BCUT2D eigenvalue weighted by atomic mass is 9.87. The number of hydrogen-bond donors (Lipinski definition) is 0. The maximum atomic E-state index is 13.1. The Morgan fingerprint density at radius 2 is 1.41 bits per heavy atom. The number of hydrogen-bond acceptors (Lipinski definition) is 5. The molecule has 1 aromatic heterocycles. The van der Waals surface area contributed by atoms with Crippen LogP contribution in [0.1, 0.15) is 26.3 Å². The van der Waals surface area contributed by atoms with Crippen molar-refractivity contribution in [2.24, 2.45) is 0 Å². The van der Waals surface area contributed by atoms with Gasteiger partial charge in [0.25, 0.3) is 5.22 Å². The van der Waals surface area contributed by atoms with Crippen LogP contribution in [-0.2, 0) is 10.2 Å². The second-order valence-corrected chi connectivity index (χ2v) is 9.32. The van der Waals surface area contributed by atoms with Crippen LogP contribution in [0.15, 0.2) is 94.6 Å². The van der Waals surface area contributed by atoms with Crippen LogP contribution in [0.25, 0.3) is 11.5 Å². The van der Waals surface area contributed by atoms with Crippen molar-refractivity contribution in [2.45, 2.75) is 31.4 Å². The van der Waals surface area contributed by atoms with E-state index in [1.807, 2.05) is 72.8 Å². The van der Waals surface area contributed by atoms with Crippen LogP contribution < -0.4 is 4.90 Å². The molecule has 0 radical (unpaired) electrons. The van der Waals surface area contributed by atoms with Crippen LogP contribution in [0.4, 0.5) is 11.4 Å². The number of thioether (sulfide) groups is 1. The summed E-state index contributed by atoms with van der Waals surface area (Å²) in [5.74, 6) is 0.555. The van der Waals surface area contributed by atoms with Crippen LogP contribution in [0.5, 0.6) is 0 Å². The van der Waals surface area contributed by atoms with E-state index in [-0.39, 0.29) is 17.1 Å². The van der Waals surface area contributed by atoms with E-state index in [0.29, 0.717) is 11.1 Å². The van der Waals surface area contributed by atoms with Crippen molar-refractivity contribution < 1.29 is 9.21 Å². The van der Waals surface area contributed by atoms with Crippen LogP contribution in [0.3, 0.4) is 0 Å². The lowest BCUT2D eigenvalue weighted by Gasteiger charge is -2.22. The summed E-state index contributed by atoms with van der Waals surface area (Å²) in [5.41, 5.74) is 3.81. The average molecular weight is 444 g/mol. The van der Waals surface area contributed by atoms with Gasteiger partial charge in [0.1, 0.15) is 0 Å². The van der Waals surface area contributed by atoms with E-state index in [1.54, 1.807) is 4.90 Å². The van der Waals surface area contributed by atoms with Crippen LogP contribution >= 0.6 is 11.8 Å². The van der Waals surface area contributed by atoms with Crippen molar-refractivity contribution in [3.8, 4) is 11.5 Å². The molecule has 5 nitrogen and oxygen atoms in total. The largest absolute Gasteiger partial charge is 0.411 e. The third-order valence-electron chi connectivity index (χ3n) is 5.00. The maximum absolute atomic E-state index is 13.1. The molecular weight excluding hydrogens is 418 g/mol. The molecule has 3 aromatic carbocycles. The van der Waals surface area contributed by atoms with Crippen molar-refractivity contribution >= 4 is 29.0 Å². The number of benzene rings is 3. The minimum Gasteiger partial charge on any atom is -0.411 e. The first-order chi connectivity index (χ1) is 15.4. The fraction of sp³-hybridized carbons (Fsp3) is 0.192. The van der Waals surface area contributed by atoms with Gasteiger partial charge in [-0.2, -0.15) is 0 Å². The number of nitrogens with zero attached hydrogens (tertiary/aromatic N) is 3. The first-order valence-corrected chi connectivity index (χ1v) is 11.4. The summed E-state index contributed by atoms with van der Waals surface area (Å²) in [6.45, 7) is 6.53. The summed E-state index contributed by atoms with van der Waals surface area (Å²) < 4.78 is 5.81. The Bertz CT molecular complexity index is 1130. The normalized spacial score (nSPS) is 11.3. The van der Waals surface area contributed by atoms with Crippen molar-refractivity contribution in [1.29, 1.82) is 0 Å². The highest BCUT2D eigenvalue weighted by atomic mass is 32.2. The number of amides is 1. The predicted octanol–water partition coefficient (Wildman–Crippen LogP) is 6.49. The lowest BCUT2D eigenvalue weighted by Crippen LogP contribution is -2.27. The molecule has 0 aliphatic heterocycles. The van der Waals surface area contributed by atoms with Gasteiger partial charge in [-0.3, -0.25) is 9.69 Å².